The van der Waals surface area contributed by atoms with Crippen molar-refractivity contribution in [2.24, 2.45) is 5.92 Å². The molecule has 1 aliphatic rings. The van der Waals surface area contributed by atoms with Crippen molar-refractivity contribution >= 4 is 40.7 Å². The Hall–Kier alpha value is 0.130. The number of halogens is 3. The molecule has 2 rings (SSSR count). The topological polar surface area (TPSA) is 28.2 Å². The summed E-state index contributed by atoms with van der Waals surface area (Å²) in [7, 11) is 0. The molecule has 0 aromatic carbocycles. The summed E-state index contributed by atoms with van der Waals surface area (Å²) >= 11 is 3.61. The highest BCUT2D eigenvalue weighted by molar-refractivity contribution is 9.10. The van der Waals surface area contributed by atoms with Crippen LogP contribution in [0.4, 0.5) is 0 Å². The van der Waals surface area contributed by atoms with Crippen molar-refractivity contribution in [1.82, 2.24) is 15.2 Å². The number of aromatic nitrogens is 1. The molecule has 116 valence electrons. The average molecular weight is 385 g/mol. The first-order valence-corrected chi connectivity index (χ1v) is 7.58. The first-order chi connectivity index (χ1) is 8.74. The smallest absolute Gasteiger partial charge is 0.110 e. The molecule has 1 aliphatic heterocycles. The summed E-state index contributed by atoms with van der Waals surface area (Å²) in [6.45, 7) is 9.03. The van der Waals surface area contributed by atoms with Crippen LogP contribution in [0.15, 0.2) is 22.9 Å². The fourth-order valence-electron chi connectivity index (χ4n) is 2.67. The highest BCUT2D eigenvalue weighted by Crippen LogP contribution is 2.34. The van der Waals surface area contributed by atoms with Crippen molar-refractivity contribution in [2.45, 2.75) is 26.3 Å². The number of hydrogen-bond acceptors (Lipinski definition) is 3. The minimum absolute atomic E-state index is 0. The molecule has 0 aliphatic carbocycles. The highest BCUT2D eigenvalue weighted by atomic mass is 79.9. The van der Waals surface area contributed by atoms with Gasteiger partial charge in [-0.15, -0.1) is 24.8 Å². The molecule has 6 heteroatoms. The van der Waals surface area contributed by atoms with Gasteiger partial charge in [-0.3, -0.25) is 4.90 Å². The standard InChI is InChI=1S/C14H22BrN3.2ClH/c1-3-11(2)13(18-9-7-16-8-10-18)12-5-4-6-17-14(12)15;;/h4-6,11,13,16H,3,7-10H2,1-2H3;2*1H/t11?,13-;;/m0../s1. The van der Waals surface area contributed by atoms with E-state index in [1.54, 1.807) is 0 Å². The zero-order valence-electron chi connectivity index (χ0n) is 12.0. The number of nitrogens with zero attached hydrogens (tertiary/aromatic N) is 2. The zero-order chi connectivity index (χ0) is 13.0. The second-order valence-corrected chi connectivity index (χ2v) is 5.75. The van der Waals surface area contributed by atoms with E-state index in [4.69, 9.17) is 0 Å². The van der Waals surface area contributed by atoms with Crippen molar-refractivity contribution < 1.29 is 0 Å². The monoisotopic (exact) mass is 383 g/mol. The summed E-state index contributed by atoms with van der Waals surface area (Å²) in [6, 6.07) is 4.72. The summed E-state index contributed by atoms with van der Waals surface area (Å²) in [5.41, 5.74) is 1.33. The molecule has 3 nitrogen and oxygen atoms in total. The maximum atomic E-state index is 4.39. The molecule has 1 fully saturated rings. The van der Waals surface area contributed by atoms with Crippen LogP contribution in [0, 0.1) is 5.92 Å². The predicted molar refractivity (Wildman–Crippen MR) is 93.1 cm³/mol. The van der Waals surface area contributed by atoms with E-state index in [0.717, 1.165) is 30.8 Å². The van der Waals surface area contributed by atoms with Crippen LogP contribution >= 0.6 is 40.7 Å². The van der Waals surface area contributed by atoms with Crippen molar-refractivity contribution in [3.63, 3.8) is 0 Å². The maximum absolute atomic E-state index is 4.39. The van der Waals surface area contributed by atoms with Gasteiger partial charge in [0.05, 0.1) is 0 Å². The minimum atomic E-state index is 0. The number of rotatable bonds is 4. The number of hydrogen-bond donors (Lipinski definition) is 1. The molecule has 2 atom stereocenters. The molecule has 1 N–H and O–H groups in total. The van der Waals surface area contributed by atoms with Gasteiger partial charge in [-0.2, -0.15) is 0 Å². The molecule has 1 aromatic rings. The van der Waals surface area contributed by atoms with E-state index in [1.165, 1.54) is 12.0 Å². The van der Waals surface area contributed by atoms with Crippen molar-refractivity contribution in [3.8, 4) is 0 Å². The Morgan fingerprint density at radius 1 is 1.35 bits per heavy atom. The fourth-order valence-corrected chi connectivity index (χ4v) is 3.15. The molecule has 0 saturated carbocycles. The predicted octanol–water partition coefficient (Wildman–Crippen LogP) is 3.68. The summed E-state index contributed by atoms with van der Waals surface area (Å²) in [5.74, 6) is 0.642. The third-order valence-electron chi connectivity index (χ3n) is 3.83. The van der Waals surface area contributed by atoms with E-state index in [2.05, 4.69) is 51.0 Å². The van der Waals surface area contributed by atoms with E-state index in [9.17, 15) is 0 Å². The molecule has 0 bridgehead atoms. The fraction of sp³-hybridized carbons (Fsp3) is 0.643. The lowest BCUT2D eigenvalue weighted by atomic mass is 9.91. The van der Waals surface area contributed by atoms with Crippen LogP contribution in [0.5, 0.6) is 0 Å². The van der Waals surface area contributed by atoms with Crippen LogP contribution in [0.3, 0.4) is 0 Å². The summed E-state index contributed by atoms with van der Waals surface area (Å²) < 4.78 is 0.994. The first-order valence-electron chi connectivity index (χ1n) is 6.79. The van der Waals surface area contributed by atoms with Crippen LogP contribution in [-0.4, -0.2) is 36.1 Å². The third kappa shape index (κ3) is 4.85. The van der Waals surface area contributed by atoms with Gasteiger partial charge in [0.25, 0.3) is 0 Å². The lowest BCUT2D eigenvalue weighted by Crippen LogP contribution is -2.46. The van der Waals surface area contributed by atoms with Crippen LogP contribution in [0.2, 0.25) is 0 Å². The lowest BCUT2D eigenvalue weighted by Gasteiger charge is -2.38. The molecule has 0 radical (unpaired) electrons. The van der Waals surface area contributed by atoms with Gasteiger partial charge in [-0.25, -0.2) is 4.98 Å². The Labute approximate surface area is 142 Å². The minimum Gasteiger partial charge on any atom is -0.314 e. The average Bonchev–Trinajstić information content (AvgIpc) is 2.42. The Bertz CT molecular complexity index is 386. The van der Waals surface area contributed by atoms with Gasteiger partial charge >= 0.3 is 0 Å². The first kappa shape index (κ1) is 20.1. The zero-order valence-corrected chi connectivity index (χ0v) is 15.2. The number of pyridine rings is 1. The van der Waals surface area contributed by atoms with Gasteiger partial charge in [0.15, 0.2) is 0 Å². The van der Waals surface area contributed by atoms with E-state index >= 15 is 0 Å². The molecule has 1 saturated heterocycles. The van der Waals surface area contributed by atoms with E-state index < -0.39 is 0 Å². The second kappa shape index (κ2) is 9.96. The lowest BCUT2D eigenvalue weighted by molar-refractivity contribution is 0.127. The van der Waals surface area contributed by atoms with E-state index in [-0.39, 0.29) is 24.8 Å². The van der Waals surface area contributed by atoms with Gasteiger partial charge in [-0.1, -0.05) is 26.3 Å². The molecule has 2 heterocycles. The third-order valence-corrected chi connectivity index (χ3v) is 4.50. The number of piperazine rings is 1. The van der Waals surface area contributed by atoms with Crippen molar-refractivity contribution in [1.29, 1.82) is 0 Å². The Kier molecular flexibility index (Phi) is 10.0. The van der Waals surface area contributed by atoms with E-state index in [1.807, 2.05) is 12.3 Å². The van der Waals surface area contributed by atoms with Gasteiger partial charge in [0.2, 0.25) is 0 Å². The Morgan fingerprint density at radius 2 is 2.00 bits per heavy atom. The van der Waals surface area contributed by atoms with Gasteiger partial charge < -0.3 is 5.32 Å². The van der Waals surface area contributed by atoms with Crippen LogP contribution in [0.1, 0.15) is 31.9 Å². The molecule has 0 amide bonds. The summed E-state index contributed by atoms with van der Waals surface area (Å²) in [5, 5.41) is 3.42. The Balaban J connectivity index is 0.00000180. The quantitative estimate of drug-likeness (QED) is 0.802. The van der Waals surface area contributed by atoms with Crippen LogP contribution in [-0.2, 0) is 0 Å². The maximum Gasteiger partial charge on any atom is 0.110 e. The van der Waals surface area contributed by atoms with Crippen molar-refractivity contribution in [3.05, 3.63) is 28.5 Å². The molecule has 20 heavy (non-hydrogen) atoms. The molecule has 0 spiro atoms. The second-order valence-electron chi connectivity index (χ2n) is 5.00. The molecule has 1 aromatic heterocycles. The normalized spacial score (nSPS) is 18.6. The Morgan fingerprint density at radius 3 is 2.55 bits per heavy atom. The van der Waals surface area contributed by atoms with Gasteiger partial charge in [-0.05, 0) is 27.9 Å². The largest absolute Gasteiger partial charge is 0.314 e. The SMILES string of the molecule is CCC(C)[C@@H](c1cccnc1Br)N1CCNCC1.Cl.Cl. The van der Waals surface area contributed by atoms with Crippen LogP contribution in [0.25, 0.3) is 0 Å². The van der Waals surface area contributed by atoms with Crippen LogP contribution < -0.4 is 5.32 Å². The summed E-state index contributed by atoms with van der Waals surface area (Å²) in [6.07, 6.45) is 3.04. The number of nitrogens with one attached hydrogen (secondary N) is 1. The molecular weight excluding hydrogens is 361 g/mol. The highest BCUT2D eigenvalue weighted by Gasteiger charge is 2.27. The van der Waals surface area contributed by atoms with Gasteiger partial charge in [0, 0.05) is 44.0 Å². The summed E-state index contributed by atoms with van der Waals surface area (Å²) in [4.78, 5) is 6.98. The van der Waals surface area contributed by atoms with Gasteiger partial charge in [0.1, 0.15) is 4.60 Å². The van der Waals surface area contributed by atoms with Crippen molar-refractivity contribution in [2.75, 3.05) is 26.2 Å². The molecule has 1 unspecified atom stereocenters. The van der Waals surface area contributed by atoms with E-state index in [0.29, 0.717) is 12.0 Å². The molecular formula is C14H24BrCl2N3.